The van der Waals surface area contributed by atoms with Crippen molar-refractivity contribution in [1.29, 1.82) is 0 Å². The lowest BCUT2D eigenvalue weighted by atomic mass is 10.2. The Morgan fingerprint density at radius 3 is 1.44 bits per heavy atom. The summed E-state index contributed by atoms with van der Waals surface area (Å²) in [6.07, 6.45) is -4.58. The van der Waals surface area contributed by atoms with Gasteiger partial charge in [0, 0.05) is 14.7 Å². The van der Waals surface area contributed by atoms with Gasteiger partial charge in [-0.15, -0.1) is 0 Å². The lowest BCUT2D eigenvalue weighted by molar-refractivity contribution is -0.137. The van der Waals surface area contributed by atoms with E-state index >= 15 is 0 Å². The van der Waals surface area contributed by atoms with Gasteiger partial charge in [-0.25, -0.2) is 3.63 Å². The van der Waals surface area contributed by atoms with Crippen molar-refractivity contribution in [3.8, 4) is 0 Å². The topological polar surface area (TPSA) is 43.4 Å². The molecule has 0 saturated carbocycles. The molecule has 8 heteroatoms. The van der Waals surface area contributed by atoms with E-state index in [4.69, 9.17) is 3.63 Å². The van der Waals surface area contributed by atoms with Crippen molar-refractivity contribution >= 4 is 20.4 Å². The number of hydrogen-bond donors (Lipinski definition) is 0. The molecule has 0 N–H and O–H groups in total. The fourth-order valence-corrected chi connectivity index (χ4v) is 8.68. The van der Waals surface area contributed by atoms with Gasteiger partial charge in [-0.3, -0.25) is 0 Å². The van der Waals surface area contributed by atoms with Crippen LogP contribution < -0.4 is 0 Å². The molecule has 0 aromatic heterocycles. The molecule has 176 valence electrons. The highest BCUT2D eigenvalue weighted by molar-refractivity contribution is 8.33. The molecule has 0 amide bonds. The third-order valence-corrected chi connectivity index (χ3v) is 10.4. The molecule has 0 atom stereocenters. The Bertz CT molecular complexity index is 1310. The standard InChI is InChI=1S/C26H21F3O3S2/c1-20-12-16-24(17-13-20)33(22-8-4-2-5-9-22,23-10-6-3-7-11-23)32-34(30,31)25-18-14-21(15-19-25)26(27,28)29/h2-19H,1H3. The highest BCUT2D eigenvalue weighted by Gasteiger charge is 2.38. The third kappa shape index (κ3) is 4.75. The normalized spacial score (nSPS) is 12.9. The molecular weight excluding hydrogens is 481 g/mol. The number of rotatable bonds is 6. The number of aryl methyl sites for hydroxylation is 1. The highest BCUT2D eigenvalue weighted by atomic mass is 32.3. The summed E-state index contributed by atoms with van der Waals surface area (Å²) < 4.78 is 72.2. The summed E-state index contributed by atoms with van der Waals surface area (Å²) in [5, 5.41) is 0. The summed E-state index contributed by atoms with van der Waals surface area (Å²) >= 11 is 0. The van der Waals surface area contributed by atoms with Crippen LogP contribution in [0.2, 0.25) is 0 Å². The van der Waals surface area contributed by atoms with Crippen LogP contribution in [0.25, 0.3) is 0 Å². The van der Waals surface area contributed by atoms with Crippen LogP contribution in [-0.4, -0.2) is 8.42 Å². The predicted molar refractivity (Wildman–Crippen MR) is 126 cm³/mol. The van der Waals surface area contributed by atoms with Gasteiger partial charge in [0.15, 0.2) is 0 Å². The van der Waals surface area contributed by atoms with E-state index in [9.17, 15) is 21.6 Å². The van der Waals surface area contributed by atoms with Crippen LogP contribution in [0.3, 0.4) is 0 Å². The highest BCUT2D eigenvalue weighted by Crippen LogP contribution is 2.70. The van der Waals surface area contributed by atoms with Gasteiger partial charge >= 0.3 is 16.3 Å². The van der Waals surface area contributed by atoms with Crippen molar-refractivity contribution in [3.63, 3.8) is 0 Å². The Morgan fingerprint density at radius 2 is 1.00 bits per heavy atom. The fraction of sp³-hybridized carbons (Fsp3) is 0.0769. The van der Waals surface area contributed by atoms with Crippen LogP contribution in [0.5, 0.6) is 0 Å². The lowest BCUT2D eigenvalue weighted by Gasteiger charge is -2.39. The first-order valence-electron chi connectivity index (χ1n) is 10.3. The molecule has 34 heavy (non-hydrogen) atoms. The first-order chi connectivity index (χ1) is 16.1. The summed E-state index contributed by atoms with van der Waals surface area (Å²) in [5.41, 5.74) is 0.0542. The average Bonchev–Trinajstić information content (AvgIpc) is 2.84. The number of hydrogen-bond acceptors (Lipinski definition) is 3. The SMILES string of the molecule is Cc1ccc(S(OS(=O)(=O)c2ccc(C(F)(F)F)cc2)(c2ccccc2)c2ccccc2)cc1. The first kappa shape index (κ1) is 24.1. The van der Waals surface area contributed by atoms with Gasteiger partial charge in [-0.05, 0) is 77.9 Å². The van der Waals surface area contributed by atoms with Gasteiger partial charge in [0.1, 0.15) is 0 Å². The number of halogens is 3. The molecule has 3 nitrogen and oxygen atoms in total. The van der Waals surface area contributed by atoms with Gasteiger partial charge in [0.2, 0.25) is 0 Å². The molecule has 0 bridgehead atoms. The molecule has 0 spiro atoms. The molecule has 4 aromatic rings. The van der Waals surface area contributed by atoms with E-state index in [1.807, 2.05) is 43.3 Å². The Labute approximate surface area is 198 Å². The summed E-state index contributed by atoms with van der Waals surface area (Å²) in [7, 11) is -7.27. The second-order valence-electron chi connectivity index (χ2n) is 7.54. The Balaban J connectivity index is 1.93. The van der Waals surface area contributed by atoms with E-state index in [0.717, 1.165) is 29.8 Å². The van der Waals surface area contributed by atoms with Gasteiger partial charge < -0.3 is 0 Å². The summed E-state index contributed by atoms with van der Waals surface area (Å²) in [5.74, 6) is 0. The molecule has 0 unspecified atom stereocenters. The van der Waals surface area contributed by atoms with Gasteiger partial charge in [-0.2, -0.15) is 21.6 Å². The maximum absolute atomic E-state index is 13.5. The lowest BCUT2D eigenvalue weighted by Crippen LogP contribution is -2.15. The molecular formula is C26H21F3O3S2. The zero-order valence-electron chi connectivity index (χ0n) is 18.1. The van der Waals surface area contributed by atoms with Crippen LogP contribution >= 0.6 is 10.3 Å². The van der Waals surface area contributed by atoms with Crippen LogP contribution in [0.1, 0.15) is 11.1 Å². The van der Waals surface area contributed by atoms with Gasteiger partial charge in [0.25, 0.3) is 0 Å². The van der Waals surface area contributed by atoms with Crippen LogP contribution in [-0.2, 0) is 19.9 Å². The van der Waals surface area contributed by atoms with E-state index in [-0.39, 0.29) is 4.90 Å². The largest absolute Gasteiger partial charge is 0.416 e. The molecule has 4 rings (SSSR count). The third-order valence-electron chi connectivity index (χ3n) is 5.17. The van der Waals surface area contributed by atoms with E-state index < -0.39 is 32.2 Å². The molecule has 0 fully saturated rings. The van der Waals surface area contributed by atoms with Crippen molar-refractivity contribution in [2.75, 3.05) is 0 Å². The smallest absolute Gasteiger partial charge is 0.203 e. The minimum atomic E-state index is -4.58. The van der Waals surface area contributed by atoms with E-state index in [1.165, 1.54) is 0 Å². The number of alkyl halides is 3. The van der Waals surface area contributed by atoms with Gasteiger partial charge in [0.05, 0.1) is 10.5 Å². The zero-order chi connectivity index (χ0) is 24.4. The average molecular weight is 503 g/mol. The van der Waals surface area contributed by atoms with Crippen LogP contribution in [0.15, 0.2) is 129 Å². The van der Waals surface area contributed by atoms with E-state index in [2.05, 4.69) is 0 Å². The predicted octanol–water partition coefficient (Wildman–Crippen LogP) is 7.62. The van der Waals surface area contributed by atoms with E-state index in [1.54, 1.807) is 48.5 Å². The Morgan fingerprint density at radius 1 is 0.588 bits per heavy atom. The minimum absolute atomic E-state index is 0.351. The van der Waals surface area contributed by atoms with Crippen LogP contribution in [0.4, 0.5) is 13.2 Å². The summed E-state index contributed by atoms with van der Waals surface area (Å²) in [4.78, 5) is 1.57. The molecule has 0 aliphatic heterocycles. The van der Waals surface area contributed by atoms with Crippen molar-refractivity contribution in [2.24, 2.45) is 0 Å². The maximum Gasteiger partial charge on any atom is 0.416 e. The fourth-order valence-electron chi connectivity index (χ4n) is 3.46. The van der Waals surface area contributed by atoms with Crippen molar-refractivity contribution in [3.05, 3.63) is 120 Å². The van der Waals surface area contributed by atoms with Gasteiger partial charge in [-0.1, -0.05) is 54.1 Å². The van der Waals surface area contributed by atoms with Crippen molar-refractivity contribution in [1.82, 2.24) is 0 Å². The molecule has 0 radical (unpaired) electrons. The number of benzene rings is 4. The second-order valence-corrected chi connectivity index (χ2v) is 12.0. The Hall–Kier alpha value is -3.07. The van der Waals surface area contributed by atoms with Crippen molar-refractivity contribution in [2.45, 2.75) is 32.7 Å². The quantitative estimate of drug-likeness (QED) is 0.272. The molecule has 4 aromatic carbocycles. The second kappa shape index (κ2) is 9.29. The van der Waals surface area contributed by atoms with Crippen molar-refractivity contribution < 1.29 is 25.2 Å². The minimum Gasteiger partial charge on any atom is -0.203 e. The Kier molecular flexibility index (Phi) is 6.58. The maximum atomic E-state index is 13.5. The van der Waals surface area contributed by atoms with Crippen LogP contribution in [0, 0.1) is 6.92 Å². The first-order valence-corrected chi connectivity index (χ1v) is 13.2. The molecule has 0 aliphatic rings. The zero-order valence-corrected chi connectivity index (χ0v) is 19.7. The molecule has 0 saturated heterocycles. The molecule has 0 aliphatic carbocycles. The monoisotopic (exact) mass is 502 g/mol. The molecule has 0 heterocycles. The summed E-state index contributed by atoms with van der Waals surface area (Å²) in [6.45, 7) is 1.92. The summed E-state index contributed by atoms with van der Waals surface area (Å²) in [6, 6.07) is 28.7. The van der Waals surface area contributed by atoms with E-state index in [0.29, 0.717) is 14.7 Å².